The van der Waals surface area contributed by atoms with Gasteiger partial charge in [-0.3, -0.25) is 10.1 Å². The summed E-state index contributed by atoms with van der Waals surface area (Å²) in [5, 5.41) is 24.5. The third-order valence-corrected chi connectivity index (χ3v) is 4.59. The van der Waals surface area contributed by atoms with Gasteiger partial charge in [-0.2, -0.15) is 4.98 Å². The van der Waals surface area contributed by atoms with Gasteiger partial charge in [-0.05, 0) is 42.8 Å². The van der Waals surface area contributed by atoms with Crippen LogP contribution in [0, 0.1) is 22.9 Å². The highest BCUT2D eigenvalue weighted by molar-refractivity contribution is 6.06. The molecule has 0 fully saturated rings. The second-order valence-electron chi connectivity index (χ2n) is 6.80. The van der Waals surface area contributed by atoms with Crippen molar-refractivity contribution in [2.24, 2.45) is 0 Å². The van der Waals surface area contributed by atoms with Crippen LogP contribution in [0.25, 0.3) is 10.9 Å². The highest BCUT2D eigenvalue weighted by Gasteiger charge is 2.23. The van der Waals surface area contributed by atoms with Crippen molar-refractivity contribution in [2.45, 2.75) is 6.92 Å². The maximum Gasteiger partial charge on any atom is 0.346 e. The van der Waals surface area contributed by atoms with Crippen molar-refractivity contribution >= 4 is 34.2 Å². The zero-order valence-electron chi connectivity index (χ0n) is 16.6. The summed E-state index contributed by atoms with van der Waals surface area (Å²) < 4.78 is 18.6. The highest BCUT2D eigenvalue weighted by Crippen LogP contribution is 2.32. The first-order chi connectivity index (χ1) is 15.3. The number of carbonyl (C=O) groups is 1. The van der Waals surface area contributed by atoms with Crippen LogP contribution in [0.15, 0.2) is 60.7 Å². The lowest BCUT2D eigenvalue weighted by atomic mass is 10.1. The number of halogens is 1. The summed E-state index contributed by atoms with van der Waals surface area (Å²) in [5.41, 5.74) is 0.402. The van der Waals surface area contributed by atoms with Crippen molar-refractivity contribution in [1.29, 1.82) is 0 Å². The van der Waals surface area contributed by atoms with Gasteiger partial charge in [0.1, 0.15) is 11.6 Å². The van der Waals surface area contributed by atoms with Crippen LogP contribution in [0.2, 0.25) is 0 Å². The van der Waals surface area contributed by atoms with Gasteiger partial charge in [0.2, 0.25) is 11.8 Å². The van der Waals surface area contributed by atoms with Gasteiger partial charge in [-0.25, -0.2) is 14.2 Å². The lowest BCUT2D eigenvalue weighted by Gasteiger charge is -2.11. The molecule has 1 aromatic heterocycles. The van der Waals surface area contributed by atoms with Gasteiger partial charge in [0.25, 0.3) is 5.69 Å². The standard InChI is InChI=1S/C22H15FN4O5/c1-12-4-2-3-5-18(12)32-21(29)17-11-15(27(30)31)10-16-19(17)25-22(26-20(16)28)24-14-8-6-13(23)7-9-14/h2-11H,1H3,(H2,24,25,26,28). The predicted octanol–water partition coefficient (Wildman–Crippen LogP) is 4.65. The fraction of sp³-hybridized carbons (Fsp3) is 0.0455. The summed E-state index contributed by atoms with van der Waals surface area (Å²) in [5.74, 6) is -1.72. The highest BCUT2D eigenvalue weighted by atomic mass is 19.1. The van der Waals surface area contributed by atoms with E-state index in [1.807, 2.05) is 0 Å². The Morgan fingerprint density at radius 1 is 1.12 bits per heavy atom. The number of rotatable bonds is 5. The first kappa shape index (κ1) is 20.7. The molecule has 0 radical (unpaired) electrons. The number of nitrogens with one attached hydrogen (secondary N) is 1. The number of nitro groups is 1. The summed E-state index contributed by atoms with van der Waals surface area (Å²) in [4.78, 5) is 31.7. The van der Waals surface area contributed by atoms with Crippen LogP contribution in [-0.2, 0) is 0 Å². The van der Waals surface area contributed by atoms with Crippen molar-refractivity contribution in [3.63, 3.8) is 0 Å². The smallest absolute Gasteiger partial charge is 0.346 e. The third kappa shape index (κ3) is 4.15. The van der Waals surface area contributed by atoms with E-state index in [9.17, 15) is 24.4 Å². The molecule has 4 aromatic rings. The number of para-hydroxylation sites is 1. The molecule has 0 atom stereocenters. The molecule has 9 nitrogen and oxygen atoms in total. The lowest BCUT2D eigenvalue weighted by Crippen LogP contribution is -2.12. The number of aromatic nitrogens is 2. The number of ether oxygens (including phenoxy) is 1. The molecule has 3 aromatic carbocycles. The predicted molar refractivity (Wildman–Crippen MR) is 114 cm³/mol. The van der Waals surface area contributed by atoms with E-state index >= 15 is 0 Å². The molecule has 0 saturated heterocycles. The third-order valence-electron chi connectivity index (χ3n) is 4.59. The van der Waals surface area contributed by atoms with Crippen LogP contribution in [-0.4, -0.2) is 26.0 Å². The van der Waals surface area contributed by atoms with Crippen LogP contribution in [0.3, 0.4) is 0 Å². The van der Waals surface area contributed by atoms with E-state index in [1.165, 1.54) is 24.3 Å². The number of esters is 1. The SMILES string of the molecule is Cc1ccccc1OC(=O)c1cc([N+](=O)[O-])cc2c(O)nc(Nc3ccc(F)cc3)nc12. The van der Waals surface area contributed by atoms with E-state index in [0.29, 0.717) is 11.3 Å². The molecule has 0 saturated carbocycles. The molecule has 0 aliphatic rings. The van der Waals surface area contributed by atoms with Gasteiger partial charge in [-0.15, -0.1) is 0 Å². The van der Waals surface area contributed by atoms with Crippen molar-refractivity contribution < 1.29 is 24.0 Å². The molecule has 0 aliphatic carbocycles. The van der Waals surface area contributed by atoms with Crippen LogP contribution in [0.5, 0.6) is 11.6 Å². The number of anilines is 2. The van der Waals surface area contributed by atoms with Crippen molar-refractivity contribution in [3.8, 4) is 11.6 Å². The minimum absolute atomic E-state index is 0.0497. The Bertz CT molecular complexity index is 1360. The molecule has 10 heteroatoms. The van der Waals surface area contributed by atoms with E-state index < -0.39 is 28.3 Å². The van der Waals surface area contributed by atoms with Gasteiger partial charge in [0.05, 0.1) is 21.4 Å². The number of benzene rings is 3. The van der Waals surface area contributed by atoms with E-state index in [0.717, 1.165) is 12.1 Å². The Hall–Kier alpha value is -4.60. The van der Waals surface area contributed by atoms with Gasteiger partial charge >= 0.3 is 5.97 Å². The van der Waals surface area contributed by atoms with Crippen LogP contribution >= 0.6 is 0 Å². The number of hydrogen-bond donors (Lipinski definition) is 2. The molecule has 32 heavy (non-hydrogen) atoms. The van der Waals surface area contributed by atoms with Crippen LogP contribution in [0.1, 0.15) is 15.9 Å². The van der Waals surface area contributed by atoms with Crippen molar-refractivity contribution in [1.82, 2.24) is 9.97 Å². The summed E-state index contributed by atoms with van der Waals surface area (Å²) in [6.07, 6.45) is 0. The maximum atomic E-state index is 13.1. The second kappa shape index (κ2) is 8.26. The molecule has 0 aliphatic heterocycles. The van der Waals surface area contributed by atoms with E-state index in [2.05, 4.69) is 15.3 Å². The number of aryl methyl sites for hydroxylation is 1. The molecule has 0 spiro atoms. The van der Waals surface area contributed by atoms with Crippen molar-refractivity contribution in [3.05, 3.63) is 87.7 Å². The van der Waals surface area contributed by atoms with Gasteiger partial charge in [-0.1, -0.05) is 18.2 Å². The first-order valence-corrected chi connectivity index (χ1v) is 9.31. The average molecular weight is 434 g/mol. The molecule has 2 N–H and O–H groups in total. The van der Waals surface area contributed by atoms with E-state index in [1.54, 1.807) is 31.2 Å². The molecular formula is C22H15FN4O5. The largest absolute Gasteiger partial charge is 0.493 e. The van der Waals surface area contributed by atoms with E-state index in [4.69, 9.17) is 4.74 Å². The minimum atomic E-state index is -0.890. The fourth-order valence-corrected chi connectivity index (χ4v) is 3.01. The lowest BCUT2D eigenvalue weighted by molar-refractivity contribution is -0.384. The molecule has 0 bridgehead atoms. The van der Waals surface area contributed by atoms with Gasteiger partial charge in [0, 0.05) is 17.8 Å². The first-order valence-electron chi connectivity index (χ1n) is 9.31. The molecule has 4 rings (SSSR count). The quantitative estimate of drug-likeness (QED) is 0.201. The fourth-order valence-electron chi connectivity index (χ4n) is 3.01. The number of aromatic hydroxyl groups is 1. The Morgan fingerprint density at radius 3 is 2.53 bits per heavy atom. The number of non-ortho nitro benzene ring substituents is 1. The Labute approximate surface area is 180 Å². The zero-order chi connectivity index (χ0) is 22.8. The number of hydrogen-bond acceptors (Lipinski definition) is 8. The van der Waals surface area contributed by atoms with E-state index in [-0.39, 0.29) is 28.2 Å². The van der Waals surface area contributed by atoms with Gasteiger partial charge in [0.15, 0.2) is 0 Å². The average Bonchev–Trinajstić information content (AvgIpc) is 2.76. The Morgan fingerprint density at radius 2 is 1.84 bits per heavy atom. The molecule has 160 valence electrons. The Balaban J connectivity index is 1.82. The summed E-state index contributed by atoms with van der Waals surface area (Å²) in [7, 11) is 0. The number of carbonyl (C=O) groups excluding carboxylic acids is 1. The van der Waals surface area contributed by atoms with Crippen molar-refractivity contribution in [2.75, 3.05) is 5.32 Å². The normalized spacial score (nSPS) is 10.7. The van der Waals surface area contributed by atoms with Gasteiger partial charge < -0.3 is 15.2 Å². The van der Waals surface area contributed by atoms with Crippen LogP contribution in [0.4, 0.5) is 21.7 Å². The second-order valence-corrected chi connectivity index (χ2v) is 6.80. The molecule has 1 heterocycles. The topological polar surface area (TPSA) is 127 Å². The molecule has 0 amide bonds. The molecular weight excluding hydrogens is 419 g/mol. The minimum Gasteiger partial charge on any atom is -0.493 e. The zero-order valence-corrected chi connectivity index (χ0v) is 16.6. The molecule has 0 unspecified atom stereocenters. The summed E-state index contributed by atoms with van der Waals surface area (Å²) in [6, 6.07) is 14.2. The maximum absolute atomic E-state index is 13.1. The summed E-state index contributed by atoms with van der Waals surface area (Å²) in [6.45, 7) is 1.74. The monoisotopic (exact) mass is 434 g/mol. The number of fused-ring (bicyclic) bond motifs is 1. The van der Waals surface area contributed by atoms with Crippen LogP contribution < -0.4 is 10.1 Å². The number of nitrogens with zero attached hydrogens (tertiary/aromatic N) is 3. The Kier molecular flexibility index (Phi) is 5.34. The number of nitro benzene ring substituents is 1. The summed E-state index contributed by atoms with van der Waals surface area (Å²) >= 11 is 0.